The van der Waals surface area contributed by atoms with E-state index in [1.54, 1.807) is 16.7 Å². The molecule has 0 radical (unpaired) electrons. The summed E-state index contributed by atoms with van der Waals surface area (Å²) in [5.74, 6) is -1.10. The number of aliphatic hydroxyl groups excluding tert-OH is 2. The Morgan fingerprint density at radius 1 is 1.16 bits per heavy atom. The van der Waals surface area contributed by atoms with E-state index in [-0.39, 0.29) is 22.6 Å². The van der Waals surface area contributed by atoms with Crippen LogP contribution in [0.1, 0.15) is 71.2 Å². The molecule has 0 spiro atoms. The van der Waals surface area contributed by atoms with Crippen LogP contribution in [-0.4, -0.2) is 60.9 Å². The highest BCUT2D eigenvalue weighted by molar-refractivity contribution is 8.01. The highest BCUT2D eigenvalue weighted by atomic mass is 32.2. The van der Waals surface area contributed by atoms with Gasteiger partial charge in [-0.15, -0.1) is 11.8 Å². The maximum atomic E-state index is 13.2. The molecule has 1 fully saturated rings. The van der Waals surface area contributed by atoms with Crippen LogP contribution in [0.3, 0.4) is 0 Å². The van der Waals surface area contributed by atoms with Crippen LogP contribution >= 0.6 is 11.8 Å². The van der Waals surface area contributed by atoms with Crippen molar-refractivity contribution in [2.24, 2.45) is 0 Å². The van der Waals surface area contributed by atoms with Gasteiger partial charge in [-0.1, -0.05) is 30.3 Å². The Labute approximate surface area is 188 Å². The van der Waals surface area contributed by atoms with Crippen molar-refractivity contribution in [3.8, 4) is 0 Å². The van der Waals surface area contributed by atoms with Gasteiger partial charge in [0.25, 0.3) is 0 Å². The Morgan fingerprint density at radius 2 is 1.77 bits per heavy atom. The molecule has 0 aliphatic carbocycles. The third-order valence-electron chi connectivity index (χ3n) is 5.22. The lowest BCUT2D eigenvalue weighted by Gasteiger charge is -2.35. The molecule has 7 nitrogen and oxygen atoms in total. The Kier molecular flexibility index (Phi) is 8.41. The van der Waals surface area contributed by atoms with Crippen molar-refractivity contribution in [1.82, 2.24) is 4.90 Å². The molecule has 1 amide bonds. The zero-order chi connectivity index (χ0) is 23.4. The maximum absolute atomic E-state index is 13.2. The van der Waals surface area contributed by atoms with Crippen molar-refractivity contribution in [3.05, 3.63) is 35.9 Å². The Balaban J connectivity index is 2.20. The molecule has 1 unspecified atom stereocenters. The SMILES string of the molecule is CC(C)(C)OC(=O)N1C(c2ccccc2)SC(C)(C)[C@@H]1CC[C@H](O)C[C@H](O)CC(=O)O. The highest BCUT2D eigenvalue weighted by Gasteiger charge is 2.50. The van der Waals surface area contributed by atoms with E-state index in [9.17, 15) is 19.8 Å². The summed E-state index contributed by atoms with van der Waals surface area (Å²) in [6.07, 6.45) is -1.92. The molecule has 1 aliphatic heterocycles. The summed E-state index contributed by atoms with van der Waals surface area (Å²) in [7, 11) is 0. The van der Waals surface area contributed by atoms with Gasteiger partial charge < -0.3 is 20.1 Å². The summed E-state index contributed by atoms with van der Waals surface area (Å²) in [5, 5.41) is 28.8. The van der Waals surface area contributed by atoms with E-state index in [2.05, 4.69) is 13.8 Å². The van der Waals surface area contributed by atoms with E-state index in [1.165, 1.54) is 0 Å². The molecule has 8 heteroatoms. The maximum Gasteiger partial charge on any atom is 0.411 e. The fourth-order valence-electron chi connectivity index (χ4n) is 3.86. The number of ether oxygens (including phenoxy) is 1. The first-order valence-electron chi connectivity index (χ1n) is 10.6. The summed E-state index contributed by atoms with van der Waals surface area (Å²) in [4.78, 5) is 25.7. The molecule has 0 bridgehead atoms. The molecule has 31 heavy (non-hydrogen) atoms. The number of amides is 1. The molecule has 1 aromatic carbocycles. The minimum atomic E-state index is -1.10. The molecule has 1 saturated heterocycles. The van der Waals surface area contributed by atoms with Gasteiger partial charge in [-0.2, -0.15) is 0 Å². The fourth-order valence-corrected chi connectivity index (χ4v) is 5.46. The summed E-state index contributed by atoms with van der Waals surface area (Å²) in [6, 6.07) is 9.59. The largest absolute Gasteiger partial charge is 0.481 e. The normalized spacial score (nSPS) is 22.7. The summed E-state index contributed by atoms with van der Waals surface area (Å²) < 4.78 is 5.42. The predicted octanol–water partition coefficient (Wildman–Crippen LogP) is 4.18. The number of hydrogen-bond acceptors (Lipinski definition) is 6. The van der Waals surface area contributed by atoms with Gasteiger partial charge in [-0.05, 0) is 59.4 Å². The molecule has 174 valence electrons. The van der Waals surface area contributed by atoms with Crippen LogP contribution < -0.4 is 0 Å². The second kappa shape index (κ2) is 10.2. The summed E-state index contributed by atoms with van der Waals surface area (Å²) in [5.41, 5.74) is 0.368. The zero-order valence-electron chi connectivity index (χ0n) is 18.9. The Morgan fingerprint density at radius 3 is 2.32 bits per heavy atom. The molecular weight excluding hydrogens is 418 g/mol. The lowest BCUT2D eigenvalue weighted by atomic mass is 9.93. The number of thioether (sulfide) groups is 1. The van der Waals surface area contributed by atoms with Gasteiger partial charge in [0.05, 0.1) is 24.7 Å². The van der Waals surface area contributed by atoms with Crippen molar-refractivity contribution in [1.29, 1.82) is 0 Å². The van der Waals surface area contributed by atoms with E-state index in [4.69, 9.17) is 9.84 Å². The number of carbonyl (C=O) groups is 2. The predicted molar refractivity (Wildman–Crippen MR) is 121 cm³/mol. The van der Waals surface area contributed by atoms with Gasteiger partial charge in [0.1, 0.15) is 11.0 Å². The lowest BCUT2D eigenvalue weighted by Crippen LogP contribution is -2.46. The van der Waals surface area contributed by atoms with Crippen molar-refractivity contribution in [3.63, 3.8) is 0 Å². The number of rotatable bonds is 8. The van der Waals surface area contributed by atoms with Crippen molar-refractivity contribution in [2.45, 2.75) is 94.3 Å². The van der Waals surface area contributed by atoms with Crippen molar-refractivity contribution >= 4 is 23.8 Å². The topological polar surface area (TPSA) is 107 Å². The molecule has 0 saturated carbocycles. The molecule has 0 aromatic heterocycles. The number of carboxylic acids is 1. The number of aliphatic hydroxyl groups is 2. The van der Waals surface area contributed by atoms with Crippen molar-refractivity contribution in [2.75, 3.05) is 0 Å². The Hall–Kier alpha value is -1.77. The van der Waals surface area contributed by atoms with E-state index >= 15 is 0 Å². The minimum Gasteiger partial charge on any atom is -0.481 e. The molecule has 3 N–H and O–H groups in total. The van der Waals surface area contributed by atoms with Crippen LogP contribution in [0.5, 0.6) is 0 Å². The van der Waals surface area contributed by atoms with Crippen molar-refractivity contribution < 1.29 is 29.6 Å². The number of nitrogens with zero attached hydrogens (tertiary/aromatic N) is 1. The van der Waals surface area contributed by atoms with Crippen LogP contribution in [0.4, 0.5) is 4.79 Å². The van der Waals surface area contributed by atoms with Gasteiger partial charge >= 0.3 is 12.1 Å². The summed E-state index contributed by atoms with van der Waals surface area (Å²) in [6.45, 7) is 9.65. The quantitative estimate of drug-likeness (QED) is 0.542. The third kappa shape index (κ3) is 7.40. The monoisotopic (exact) mass is 453 g/mol. The summed E-state index contributed by atoms with van der Waals surface area (Å²) >= 11 is 1.68. The smallest absolute Gasteiger partial charge is 0.411 e. The highest BCUT2D eigenvalue weighted by Crippen LogP contribution is 2.53. The molecule has 1 aliphatic rings. The average Bonchev–Trinajstić information content (AvgIpc) is 2.89. The number of benzene rings is 1. The first-order chi connectivity index (χ1) is 14.3. The van der Waals surface area contributed by atoms with Gasteiger partial charge in [-0.3, -0.25) is 9.69 Å². The fraction of sp³-hybridized carbons (Fsp3) is 0.652. The van der Waals surface area contributed by atoms with E-state index in [0.717, 1.165) is 5.56 Å². The van der Waals surface area contributed by atoms with E-state index in [1.807, 2.05) is 51.1 Å². The van der Waals surface area contributed by atoms with Gasteiger partial charge in [0.15, 0.2) is 0 Å². The van der Waals surface area contributed by atoms with E-state index < -0.39 is 36.3 Å². The first-order valence-corrected chi connectivity index (χ1v) is 11.5. The molecule has 1 aromatic rings. The van der Waals surface area contributed by atoms with Gasteiger partial charge in [0, 0.05) is 4.75 Å². The first kappa shape index (κ1) is 25.5. The second-order valence-electron chi connectivity index (χ2n) is 9.61. The lowest BCUT2D eigenvalue weighted by molar-refractivity contribution is -0.139. The molecular formula is C23H35NO6S. The Bertz CT molecular complexity index is 748. The van der Waals surface area contributed by atoms with Crippen LogP contribution in [0, 0.1) is 0 Å². The van der Waals surface area contributed by atoms with Crippen LogP contribution in [0.2, 0.25) is 0 Å². The van der Waals surface area contributed by atoms with Crippen LogP contribution in [-0.2, 0) is 9.53 Å². The number of hydrogen-bond donors (Lipinski definition) is 3. The zero-order valence-corrected chi connectivity index (χ0v) is 19.8. The molecule has 2 rings (SSSR count). The van der Waals surface area contributed by atoms with Gasteiger partial charge in [0.2, 0.25) is 0 Å². The minimum absolute atomic E-state index is 0.0128. The van der Waals surface area contributed by atoms with Gasteiger partial charge in [-0.25, -0.2) is 4.79 Å². The molecule has 4 atom stereocenters. The number of carbonyl (C=O) groups excluding carboxylic acids is 1. The number of carboxylic acid groups (broad SMARTS) is 1. The average molecular weight is 454 g/mol. The third-order valence-corrected chi connectivity index (χ3v) is 6.83. The second-order valence-corrected chi connectivity index (χ2v) is 11.3. The number of aliphatic carboxylic acids is 1. The van der Waals surface area contributed by atoms with E-state index in [0.29, 0.717) is 12.8 Å². The standard InChI is InChI=1S/C23H35NO6S/c1-22(2,3)30-21(29)24-18(12-11-16(25)13-17(26)14-19(27)28)23(4,5)31-20(24)15-9-7-6-8-10-15/h6-10,16-18,20,25-26H,11-14H2,1-5H3,(H,27,28)/t16-,17-,18-,20?/m0/s1. The van der Waals surface area contributed by atoms with Crippen LogP contribution in [0.15, 0.2) is 30.3 Å². The van der Waals surface area contributed by atoms with Crippen LogP contribution in [0.25, 0.3) is 0 Å². The molecule has 1 heterocycles.